The van der Waals surface area contributed by atoms with Gasteiger partial charge in [0.25, 0.3) is 11.8 Å². The van der Waals surface area contributed by atoms with Crippen LogP contribution in [-0.2, 0) is 11.2 Å². The molecule has 170 valence electrons. The number of ether oxygens (including phenoxy) is 1. The van der Waals surface area contributed by atoms with E-state index in [2.05, 4.69) is 28.0 Å². The van der Waals surface area contributed by atoms with Crippen LogP contribution in [0.15, 0.2) is 47.6 Å². The molecule has 2 amide bonds. The van der Waals surface area contributed by atoms with Crippen molar-refractivity contribution in [1.82, 2.24) is 10.7 Å². The van der Waals surface area contributed by atoms with Crippen molar-refractivity contribution in [3.63, 3.8) is 0 Å². The number of carbonyl (C=O) groups excluding carboxylic acids is 2. The summed E-state index contributed by atoms with van der Waals surface area (Å²) < 4.78 is 5.42. The molecule has 1 aliphatic carbocycles. The van der Waals surface area contributed by atoms with Gasteiger partial charge in [-0.3, -0.25) is 9.59 Å². The van der Waals surface area contributed by atoms with Crippen LogP contribution in [-0.4, -0.2) is 37.8 Å². The first-order valence-corrected chi connectivity index (χ1v) is 11.9. The first kappa shape index (κ1) is 21.6. The fourth-order valence-electron chi connectivity index (χ4n) is 5.10. The molecule has 5 rings (SSSR count). The van der Waals surface area contributed by atoms with Crippen molar-refractivity contribution in [3.05, 3.63) is 70.3 Å². The van der Waals surface area contributed by atoms with E-state index in [9.17, 15) is 9.59 Å². The summed E-state index contributed by atoms with van der Waals surface area (Å²) in [6, 6.07) is 13.9. The molecule has 2 N–H and O–H groups in total. The number of nitrogens with zero attached hydrogens (tertiary/aromatic N) is 1. The number of allylic oxidation sites excluding steroid dienone is 2. The second-order valence-electron chi connectivity index (χ2n) is 8.97. The van der Waals surface area contributed by atoms with Crippen molar-refractivity contribution < 1.29 is 14.3 Å². The molecule has 3 aliphatic rings. The van der Waals surface area contributed by atoms with Gasteiger partial charge in [-0.05, 0) is 78.8 Å². The molecule has 0 bridgehead atoms. The van der Waals surface area contributed by atoms with Gasteiger partial charge < -0.3 is 10.1 Å². The number of rotatable bonds is 6. The molecule has 0 atom stereocenters. The molecule has 1 saturated heterocycles. The summed E-state index contributed by atoms with van der Waals surface area (Å²) in [4.78, 5) is 25.7. The maximum absolute atomic E-state index is 12.9. The molecule has 0 radical (unpaired) electrons. The van der Waals surface area contributed by atoms with Gasteiger partial charge in [-0.1, -0.05) is 30.3 Å². The van der Waals surface area contributed by atoms with Crippen LogP contribution in [0.5, 0.6) is 0 Å². The molecular formula is C27H29N3O3. The van der Waals surface area contributed by atoms with Crippen molar-refractivity contribution in [1.29, 1.82) is 0 Å². The summed E-state index contributed by atoms with van der Waals surface area (Å²) in [5.41, 5.74) is 8.84. The molecule has 0 unspecified atom stereocenters. The third kappa shape index (κ3) is 4.62. The molecule has 33 heavy (non-hydrogen) atoms. The van der Waals surface area contributed by atoms with Crippen LogP contribution < -0.4 is 10.7 Å². The van der Waals surface area contributed by atoms with Crippen LogP contribution in [0.2, 0.25) is 0 Å². The molecule has 1 fully saturated rings. The predicted molar refractivity (Wildman–Crippen MR) is 129 cm³/mol. The van der Waals surface area contributed by atoms with E-state index in [4.69, 9.17) is 4.74 Å². The Hall–Kier alpha value is -3.25. The topological polar surface area (TPSA) is 79.8 Å². The monoisotopic (exact) mass is 443 g/mol. The van der Waals surface area contributed by atoms with Crippen LogP contribution in [0.1, 0.15) is 69.5 Å². The van der Waals surface area contributed by atoms with E-state index < -0.39 is 0 Å². The van der Waals surface area contributed by atoms with Crippen LogP contribution in [0.4, 0.5) is 0 Å². The smallest absolute Gasteiger partial charge is 0.272 e. The number of hydrogen-bond acceptors (Lipinski definition) is 4. The van der Waals surface area contributed by atoms with E-state index >= 15 is 0 Å². The van der Waals surface area contributed by atoms with E-state index in [1.165, 1.54) is 5.57 Å². The number of amides is 2. The minimum absolute atomic E-state index is 0.127. The average Bonchev–Trinajstić information content (AvgIpc) is 3.03. The van der Waals surface area contributed by atoms with Crippen molar-refractivity contribution >= 4 is 29.2 Å². The highest BCUT2D eigenvalue weighted by atomic mass is 16.5. The number of nitrogens with one attached hydrogen (secondary N) is 2. The second kappa shape index (κ2) is 9.71. The van der Waals surface area contributed by atoms with E-state index in [0.717, 1.165) is 74.0 Å². The fourth-order valence-corrected chi connectivity index (χ4v) is 5.10. The molecule has 6 nitrogen and oxygen atoms in total. The first-order chi connectivity index (χ1) is 16.2. The molecule has 0 saturated carbocycles. The molecular weight excluding hydrogens is 414 g/mol. The third-order valence-corrected chi connectivity index (χ3v) is 6.86. The van der Waals surface area contributed by atoms with Crippen LogP contribution in [0.25, 0.3) is 11.1 Å². The largest absolute Gasteiger partial charge is 0.381 e. The summed E-state index contributed by atoms with van der Waals surface area (Å²) in [5.74, 6) is 0.291. The highest BCUT2D eigenvalue weighted by Crippen LogP contribution is 2.39. The van der Waals surface area contributed by atoms with Gasteiger partial charge in [-0.25, -0.2) is 5.43 Å². The van der Waals surface area contributed by atoms with Crippen molar-refractivity contribution in [3.8, 4) is 0 Å². The zero-order valence-electron chi connectivity index (χ0n) is 18.7. The van der Waals surface area contributed by atoms with Crippen molar-refractivity contribution in [2.24, 2.45) is 11.0 Å². The minimum atomic E-state index is -0.277. The van der Waals surface area contributed by atoms with Gasteiger partial charge in [0.15, 0.2) is 0 Å². The molecule has 2 aromatic rings. The Morgan fingerprint density at radius 3 is 2.76 bits per heavy atom. The lowest BCUT2D eigenvalue weighted by Crippen LogP contribution is -2.27. The van der Waals surface area contributed by atoms with Gasteiger partial charge >= 0.3 is 0 Å². The quantitative estimate of drug-likeness (QED) is 0.657. The Labute approximate surface area is 194 Å². The van der Waals surface area contributed by atoms with Crippen molar-refractivity contribution in [2.45, 2.75) is 38.5 Å². The maximum Gasteiger partial charge on any atom is 0.272 e. The van der Waals surface area contributed by atoms with E-state index in [0.29, 0.717) is 23.6 Å². The molecule has 2 heterocycles. The summed E-state index contributed by atoms with van der Waals surface area (Å²) >= 11 is 0. The highest BCUT2D eigenvalue weighted by Gasteiger charge is 2.28. The van der Waals surface area contributed by atoms with Crippen LogP contribution >= 0.6 is 0 Å². The lowest BCUT2D eigenvalue weighted by Gasteiger charge is -2.24. The Morgan fingerprint density at radius 1 is 1.12 bits per heavy atom. The van der Waals surface area contributed by atoms with Gasteiger partial charge in [0.2, 0.25) is 0 Å². The number of hydrogen-bond donors (Lipinski definition) is 2. The Bertz CT molecular complexity index is 1110. The zero-order chi connectivity index (χ0) is 22.6. The third-order valence-electron chi connectivity index (χ3n) is 6.86. The summed E-state index contributed by atoms with van der Waals surface area (Å²) in [7, 11) is 0. The number of aryl methyl sites for hydroxylation is 1. The fraction of sp³-hybridized carbons (Fsp3) is 0.370. The first-order valence-electron chi connectivity index (χ1n) is 11.9. The lowest BCUT2D eigenvalue weighted by atomic mass is 9.80. The Morgan fingerprint density at radius 2 is 1.94 bits per heavy atom. The van der Waals surface area contributed by atoms with Gasteiger partial charge in [0, 0.05) is 30.9 Å². The summed E-state index contributed by atoms with van der Waals surface area (Å²) in [6.07, 6.45) is 7.64. The van der Waals surface area contributed by atoms with E-state index in [-0.39, 0.29) is 11.8 Å². The molecule has 2 aromatic carbocycles. The lowest BCUT2D eigenvalue weighted by molar-refractivity contribution is 0.0631. The summed E-state index contributed by atoms with van der Waals surface area (Å²) in [6.45, 7) is 2.34. The Balaban J connectivity index is 1.37. The van der Waals surface area contributed by atoms with Gasteiger partial charge in [-0.15, -0.1) is 0 Å². The zero-order valence-corrected chi connectivity index (χ0v) is 18.7. The second-order valence-corrected chi connectivity index (χ2v) is 8.97. The van der Waals surface area contributed by atoms with Crippen LogP contribution in [0.3, 0.4) is 0 Å². The predicted octanol–water partition coefficient (Wildman–Crippen LogP) is 4.21. The van der Waals surface area contributed by atoms with E-state index in [1.54, 1.807) is 12.3 Å². The molecule has 0 spiro atoms. The normalized spacial score (nSPS) is 17.9. The number of benzene rings is 2. The minimum Gasteiger partial charge on any atom is -0.381 e. The highest BCUT2D eigenvalue weighted by molar-refractivity contribution is 6.24. The standard InChI is InChI=1S/C27H29N3O3/c31-26(28-12-4-5-18-10-13-33-14-11-18)21-15-20-8-9-22(19-6-2-1-3-7-19)24-17-29-30-27(32)23(16-21)25(20)24/h1-3,6-7,15-18H,4-5,8-14H2,(H,28,31)(H,30,32). The molecule has 6 heteroatoms. The average molecular weight is 444 g/mol. The van der Waals surface area contributed by atoms with Crippen molar-refractivity contribution in [2.75, 3.05) is 19.8 Å². The SMILES string of the molecule is O=C(NCCCC1CCOCC1)c1cc2c3c(c1)C(=O)NN=CC3=C(c1ccccc1)CC2. The van der Waals surface area contributed by atoms with Crippen LogP contribution in [0, 0.1) is 5.92 Å². The molecule has 0 aromatic heterocycles. The number of hydrazone groups is 1. The maximum atomic E-state index is 12.9. The van der Waals surface area contributed by atoms with Gasteiger partial charge in [-0.2, -0.15) is 5.10 Å². The van der Waals surface area contributed by atoms with Gasteiger partial charge in [0.1, 0.15) is 0 Å². The van der Waals surface area contributed by atoms with E-state index in [1.807, 2.05) is 24.3 Å². The summed E-state index contributed by atoms with van der Waals surface area (Å²) in [5, 5.41) is 7.20. The number of carbonyl (C=O) groups is 2. The Kier molecular flexibility index (Phi) is 6.35. The van der Waals surface area contributed by atoms with Gasteiger partial charge in [0.05, 0.1) is 11.8 Å². The molecule has 2 aliphatic heterocycles.